The SMILES string of the molecule is COc1ccc(Cl)cc1-c1ccc(/C=N/NC(=O)c2ccc(Br)cc2)o1. The number of hydrogen-bond donors (Lipinski definition) is 1. The van der Waals surface area contributed by atoms with Crippen LogP contribution < -0.4 is 10.2 Å². The van der Waals surface area contributed by atoms with Gasteiger partial charge in [-0.15, -0.1) is 0 Å². The van der Waals surface area contributed by atoms with E-state index in [9.17, 15) is 4.79 Å². The van der Waals surface area contributed by atoms with Crippen molar-refractivity contribution in [3.63, 3.8) is 0 Å². The number of hydrogen-bond acceptors (Lipinski definition) is 4. The number of furan rings is 1. The Hall–Kier alpha value is -2.57. The molecule has 0 saturated carbocycles. The zero-order chi connectivity index (χ0) is 18.5. The topological polar surface area (TPSA) is 63.8 Å². The Morgan fingerprint density at radius 1 is 1.19 bits per heavy atom. The highest BCUT2D eigenvalue weighted by atomic mass is 79.9. The number of carbonyl (C=O) groups excluding carboxylic acids is 1. The van der Waals surface area contributed by atoms with Gasteiger partial charge in [-0.05, 0) is 54.6 Å². The van der Waals surface area contributed by atoms with Crippen LogP contribution in [0.25, 0.3) is 11.3 Å². The van der Waals surface area contributed by atoms with Crippen molar-refractivity contribution in [3.8, 4) is 17.1 Å². The fourth-order valence-corrected chi connectivity index (χ4v) is 2.70. The smallest absolute Gasteiger partial charge is 0.271 e. The fraction of sp³-hybridized carbons (Fsp3) is 0.0526. The molecule has 3 aromatic rings. The largest absolute Gasteiger partial charge is 0.496 e. The molecule has 1 heterocycles. The number of nitrogens with one attached hydrogen (secondary N) is 1. The number of hydrazone groups is 1. The van der Waals surface area contributed by atoms with E-state index in [0.717, 1.165) is 10.0 Å². The van der Waals surface area contributed by atoms with Gasteiger partial charge in [0.2, 0.25) is 0 Å². The van der Waals surface area contributed by atoms with Gasteiger partial charge < -0.3 is 9.15 Å². The van der Waals surface area contributed by atoms with Crippen LogP contribution in [0.5, 0.6) is 5.75 Å². The van der Waals surface area contributed by atoms with E-state index in [1.807, 2.05) is 0 Å². The van der Waals surface area contributed by atoms with Gasteiger partial charge in [-0.3, -0.25) is 4.79 Å². The summed E-state index contributed by atoms with van der Waals surface area (Å²) in [5, 5.41) is 4.50. The number of carbonyl (C=O) groups is 1. The van der Waals surface area contributed by atoms with E-state index in [1.54, 1.807) is 61.7 Å². The molecule has 7 heteroatoms. The van der Waals surface area contributed by atoms with Gasteiger partial charge in [0.15, 0.2) is 0 Å². The normalized spacial score (nSPS) is 10.9. The summed E-state index contributed by atoms with van der Waals surface area (Å²) in [4.78, 5) is 12.0. The van der Waals surface area contributed by atoms with Gasteiger partial charge >= 0.3 is 0 Å². The minimum absolute atomic E-state index is 0.308. The molecule has 0 unspecified atom stereocenters. The average Bonchev–Trinajstić information content (AvgIpc) is 3.11. The van der Waals surface area contributed by atoms with Gasteiger partial charge in [0.25, 0.3) is 5.91 Å². The molecule has 0 bridgehead atoms. The lowest BCUT2D eigenvalue weighted by molar-refractivity contribution is 0.0955. The van der Waals surface area contributed by atoms with Crippen LogP contribution in [0, 0.1) is 0 Å². The summed E-state index contributed by atoms with van der Waals surface area (Å²) in [6.07, 6.45) is 1.43. The van der Waals surface area contributed by atoms with Crippen molar-refractivity contribution < 1.29 is 13.9 Å². The highest BCUT2D eigenvalue weighted by Crippen LogP contribution is 2.33. The fourth-order valence-electron chi connectivity index (χ4n) is 2.26. The molecule has 3 rings (SSSR count). The third-order valence-corrected chi connectivity index (χ3v) is 4.28. The van der Waals surface area contributed by atoms with Gasteiger partial charge in [-0.2, -0.15) is 5.10 Å². The minimum atomic E-state index is -0.308. The number of amides is 1. The van der Waals surface area contributed by atoms with Crippen LogP contribution in [0.2, 0.25) is 5.02 Å². The number of rotatable bonds is 5. The predicted octanol–water partition coefficient (Wildman–Crippen LogP) is 5.14. The van der Waals surface area contributed by atoms with E-state index in [4.69, 9.17) is 20.8 Å². The number of methoxy groups -OCH3 is 1. The second-order valence-electron chi connectivity index (χ2n) is 5.25. The monoisotopic (exact) mass is 432 g/mol. The molecule has 0 aliphatic heterocycles. The maximum atomic E-state index is 12.0. The van der Waals surface area contributed by atoms with Crippen molar-refractivity contribution in [1.29, 1.82) is 0 Å². The van der Waals surface area contributed by atoms with Crippen molar-refractivity contribution in [2.75, 3.05) is 7.11 Å². The van der Waals surface area contributed by atoms with E-state index in [0.29, 0.717) is 27.9 Å². The molecule has 0 spiro atoms. The molecule has 2 aromatic carbocycles. The Kier molecular flexibility index (Phi) is 5.75. The van der Waals surface area contributed by atoms with Gasteiger partial charge in [-0.1, -0.05) is 27.5 Å². The van der Waals surface area contributed by atoms with Crippen molar-refractivity contribution in [1.82, 2.24) is 5.43 Å². The Morgan fingerprint density at radius 3 is 2.69 bits per heavy atom. The molecular weight excluding hydrogens is 420 g/mol. The maximum Gasteiger partial charge on any atom is 0.271 e. The van der Waals surface area contributed by atoms with Gasteiger partial charge in [0.1, 0.15) is 17.3 Å². The van der Waals surface area contributed by atoms with Crippen LogP contribution in [-0.2, 0) is 0 Å². The van der Waals surface area contributed by atoms with E-state index in [1.165, 1.54) is 6.21 Å². The van der Waals surface area contributed by atoms with Crippen LogP contribution in [0.3, 0.4) is 0 Å². The zero-order valence-electron chi connectivity index (χ0n) is 13.7. The number of ether oxygens (including phenoxy) is 1. The van der Waals surface area contributed by atoms with E-state index < -0.39 is 0 Å². The summed E-state index contributed by atoms with van der Waals surface area (Å²) < 4.78 is 11.9. The molecule has 1 aromatic heterocycles. The quantitative estimate of drug-likeness (QED) is 0.448. The summed E-state index contributed by atoms with van der Waals surface area (Å²) in [5.41, 5.74) is 3.70. The van der Waals surface area contributed by atoms with Crippen LogP contribution in [0.15, 0.2) is 68.6 Å². The third kappa shape index (κ3) is 4.33. The standard InChI is InChI=1S/C19H14BrClN2O3/c1-25-17-8-6-14(21)10-16(17)18-9-7-15(26-18)11-22-23-19(24)12-2-4-13(20)5-3-12/h2-11H,1H3,(H,23,24)/b22-11+. The highest BCUT2D eigenvalue weighted by Gasteiger charge is 2.11. The molecule has 1 N–H and O–H groups in total. The van der Waals surface area contributed by atoms with Gasteiger partial charge in [0, 0.05) is 15.1 Å². The lowest BCUT2D eigenvalue weighted by atomic mass is 10.1. The Labute approximate surface area is 163 Å². The summed E-state index contributed by atoms with van der Waals surface area (Å²) in [6.45, 7) is 0. The molecule has 0 aliphatic carbocycles. The van der Waals surface area contributed by atoms with Crippen molar-refractivity contribution in [2.24, 2.45) is 5.10 Å². The minimum Gasteiger partial charge on any atom is -0.496 e. The molecule has 5 nitrogen and oxygen atoms in total. The molecule has 0 saturated heterocycles. The van der Waals surface area contributed by atoms with Crippen molar-refractivity contribution in [3.05, 3.63) is 75.4 Å². The van der Waals surface area contributed by atoms with E-state index in [2.05, 4.69) is 26.5 Å². The first kappa shape index (κ1) is 18.2. The lowest BCUT2D eigenvalue weighted by Gasteiger charge is -2.06. The van der Waals surface area contributed by atoms with Crippen LogP contribution in [-0.4, -0.2) is 19.2 Å². The summed E-state index contributed by atoms with van der Waals surface area (Å²) in [6, 6.07) is 15.8. The van der Waals surface area contributed by atoms with E-state index >= 15 is 0 Å². The molecule has 26 heavy (non-hydrogen) atoms. The second-order valence-corrected chi connectivity index (χ2v) is 6.60. The summed E-state index contributed by atoms with van der Waals surface area (Å²) in [7, 11) is 1.58. The number of halogens is 2. The molecule has 132 valence electrons. The number of nitrogens with zero attached hydrogens (tertiary/aromatic N) is 1. The van der Waals surface area contributed by atoms with Crippen LogP contribution >= 0.6 is 27.5 Å². The Bertz CT molecular complexity index is 952. The number of benzene rings is 2. The molecule has 0 fully saturated rings. The molecule has 1 amide bonds. The molecule has 0 aliphatic rings. The lowest BCUT2D eigenvalue weighted by Crippen LogP contribution is -2.17. The molecule has 0 radical (unpaired) electrons. The molecular formula is C19H14BrClN2O3. The van der Waals surface area contributed by atoms with Crippen molar-refractivity contribution >= 4 is 39.7 Å². The highest BCUT2D eigenvalue weighted by molar-refractivity contribution is 9.10. The summed E-state index contributed by atoms with van der Waals surface area (Å²) >= 11 is 9.37. The van der Waals surface area contributed by atoms with E-state index in [-0.39, 0.29) is 5.91 Å². The zero-order valence-corrected chi connectivity index (χ0v) is 16.0. The first-order valence-corrected chi connectivity index (χ1v) is 8.76. The van der Waals surface area contributed by atoms with Gasteiger partial charge in [0.05, 0.1) is 18.9 Å². The Morgan fingerprint density at radius 2 is 1.96 bits per heavy atom. The third-order valence-electron chi connectivity index (χ3n) is 3.52. The van der Waals surface area contributed by atoms with Gasteiger partial charge in [-0.25, -0.2) is 5.43 Å². The van der Waals surface area contributed by atoms with Crippen LogP contribution in [0.4, 0.5) is 0 Å². The molecule has 0 atom stereocenters. The predicted molar refractivity (Wildman–Crippen MR) is 105 cm³/mol. The summed E-state index contributed by atoms with van der Waals surface area (Å²) in [5.74, 6) is 1.41. The second kappa shape index (κ2) is 8.21. The Balaban J connectivity index is 1.70. The first-order chi connectivity index (χ1) is 12.6. The average molecular weight is 434 g/mol. The first-order valence-electron chi connectivity index (χ1n) is 7.59. The van der Waals surface area contributed by atoms with Crippen LogP contribution in [0.1, 0.15) is 16.1 Å². The maximum absolute atomic E-state index is 12.0. The van der Waals surface area contributed by atoms with Crippen molar-refractivity contribution in [2.45, 2.75) is 0 Å².